The average molecular weight is 445 g/mol. The number of aryl methyl sites for hydroxylation is 1. The highest BCUT2D eigenvalue weighted by Crippen LogP contribution is 2.31. The van der Waals surface area contributed by atoms with Gasteiger partial charge in [-0.3, -0.25) is 4.79 Å². The second-order valence-electron chi connectivity index (χ2n) is 7.89. The Hall–Kier alpha value is -3.45. The monoisotopic (exact) mass is 444 g/mol. The molecular formula is C25H24N4O2S. The molecule has 32 heavy (non-hydrogen) atoms. The number of piperazine rings is 1. The fourth-order valence-corrected chi connectivity index (χ4v) is 5.01. The van der Waals surface area contributed by atoms with Gasteiger partial charge in [0.15, 0.2) is 0 Å². The molecule has 4 aromatic rings. The standard InChI is InChI=1S/C25H24N4O2S/c1-2-21-15-22-23(26-16-27-24(22)32-21)28-11-13-29(14-12-28)25(31)19-5-3-17(4-6-19)18-7-9-20(30)10-8-18/h3-10,15-16,30H,2,11-14H2,1H3. The predicted octanol–water partition coefficient (Wildman–Crippen LogP) is 4.59. The highest BCUT2D eigenvalue weighted by Gasteiger charge is 2.24. The van der Waals surface area contributed by atoms with Crippen molar-refractivity contribution in [2.75, 3.05) is 31.1 Å². The van der Waals surface area contributed by atoms with Crippen molar-refractivity contribution in [3.8, 4) is 16.9 Å². The van der Waals surface area contributed by atoms with E-state index >= 15 is 0 Å². The molecule has 1 amide bonds. The van der Waals surface area contributed by atoms with Gasteiger partial charge < -0.3 is 14.9 Å². The van der Waals surface area contributed by atoms with E-state index < -0.39 is 0 Å². The molecule has 0 spiro atoms. The van der Waals surface area contributed by atoms with Crippen molar-refractivity contribution < 1.29 is 9.90 Å². The first-order valence-corrected chi connectivity index (χ1v) is 11.6. The maximum atomic E-state index is 13.0. The van der Waals surface area contributed by atoms with Crippen LogP contribution < -0.4 is 4.90 Å². The molecule has 1 N–H and O–H groups in total. The summed E-state index contributed by atoms with van der Waals surface area (Å²) >= 11 is 1.72. The summed E-state index contributed by atoms with van der Waals surface area (Å²) in [5.74, 6) is 1.27. The van der Waals surface area contributed by atoms with Crippen LogP contribution in [0.15, 0.2) is 60.9 Å². The normalized spacial score (nSPS) is 14.2. The molecule has 6 nitrogen and oxygen atoms in total. The molecule has 3 heterocycles. The Morgan fingerprint density at radius 3 is 2.28 bits per heavy atom. The smallest absolute Gasteiger partial charge is 0.253 e. The third-order valence-corrected chi connectivity index (χ3v) is 7.09. The molecule has 1 fully saturated rings. The number of fused-ring (bicyclic) bond motifs is 1. The minimum absolute atomic E-state index is 0.0542. The number of phenolic OH excluding ortho intramolecular Hbond substituents is 1. The van der Waals surface area contributed by atoms with Gasteiger partial charge in [0.2, 0.25) is 0 Å². The lowest BCUT2D eigenvalue weighted by Crippen LogP contribution is -2.49. The van der Waals surface area contributed by atoms with Gasteiger partial charge in [0.1, 0.15) is 22.7 Å². The van der Waals surface area contributed by atoms with Crippen LogP contribution in [0.25, 0.3) is 21.3 Å². The van der Waals surface area contributed by atoms with Crippen molar-refractivity contribution >= 4 is 33.3 Å². The van der Waals surface area contributed by atoms with Gasteiger partial charge in [-0.15, -0.1) is 11.3 Å². The molecule has 2 aromatic carbocycles. The number of rotatable bonds is 4. The third kappa shape index (κ3) is 3.91. The van der Waals surface area contributed by atoms with E-state index in [-0.39, 0.29) is 11.7 Å². The van der Waals surface area contributed by atoms with Gasteiger partial charge in [-0.25, -0.2) is 9.97 Å². The minimum Gasteiger partial charge on any atom is -0.508 e. The van der Waals surface area contributed by atoms with Crippen molar-refractivity contribution in [2.45, 2.75) is 13.3 Å². The van der Waals surface area contributed by atoms with Gasteiger partial charge in [-0.2, -0.15) is 0 Å². The Morgan fingerprint density at radius 2 is 1.62 bits per heavy atom. The van der Waals surface area contributed by atoms with Gasteiger partial charge in [-0.05, 0) is 47.9 Å². The van der Waals surface area contributed by atoms with Crippen LogP contribution in [0.3, 0.4) is 0 Å². The van der Waals surface area contributed by atoms with Gasteiger partial charge in [-0.1, -0.05) is 31.2 Å². The summed E-state index contributed by atoms with van der Waals surface area (Å²) in [4.78, 5) is 28.5. The summed E-state index contributed by atoms with van der Waals surface area (Å²) in [6, 6.07) is 16.9. The van der Waals surface area contributed by atoms with Crippen LogP contribution in [0.2, 0.25) is 0 Å². The number of carbonyl (C=O) groups is 1. The number of thiophene rings is 1. The Kier molecular flexibility index (Phi) is 5.49. The van der Waals surface area contributed by atoms with Crippen LogP contribution in [0.5, 0.6) is 5.75 Å². The molecule has 5 rings (SSSR count). The number of hydrogen-bond acceptors (Lipinski definition) is 6. The van der Waals surface area contributed by atoms with Crippen LogP contribution in [0, 0.1) is 0 Å². The molecule has 1 aliphatic heterocycles. The molecule has 7 heteroatoms. The Bertz CT molecular complexity index is 1240. The molecule has 1 saturated heterocycles. The predicted molar refractivity (Wildman–Crippen MR) is 128 cm³/mol. The summed E-state index contributed by atoms with van der Waals surface area (Å²) in [5.41, 5.74) is 2.71. The zero-order valence-corrected chi connectivity index (χ0v) is 18.7. The quantitative estimate of drug-likeness (QED) is 0.499. The number of nitrogens with zero attached hydrogens (tertiary/aromatic N) is 4. The summed E-state index contributed by atoms with van der Waals surface area (Å²) in [7, 11) is 0. The fourth-order valence-electron chi connectivity index (χ4n) is 4.08. The van der Waals surface area contributed by atoms with Crippen LogP contribution in [-0.2, 0) is 6.42 Å². The van der Waals surface area contributed by atoms with Crippen LogP contribution in [-0.4, -0.2) is 52.1 Å². The first-order chi connectivity index (χ1) is 15.6. The molecule has 2 aromatic heterocycles. The van der Waals surface area contributed by atoms with E-state index in [0.29, 0.717) is 18.7 Å². The Morgan fingerprint density at radius 1 is 0.969 bits per heavy atom. The number of anilines is 1. The number of aromatic nitrogens is 2. The van der Waals surface area contributed by atoms with Crippen LogP contribution >= 0.6 is 11.3 Å². The van der Waals surface area contributed by atoms with Gasteiger partial charge in [0.25, 0.3) is 5.91 Å². The fraction of sp³-hybridized carbons (Fsp3) is 0.240. The minimum atomic E-state index is 0.0542. The van der Waals surface area contributed by atoms with E-state index in [0.717, 1.165) is 46.7 Å². The molecule has 1 aliphatic rings. The molecule has 0 radical (unpaired) electrons. The second-order valence-corrected chi connectivity index (χ2v) is 9.00. The van der Waals surface area contributed by atoms with Crippen molar-refractivity contribution in [1.82, 2.24) is 14.9 Å². The van der Waals surface area contributed by atoms with Gasteiger partial charge in [0.05, 0.1) is 5.39 Å². The zero-order valence-electron chi connectivity index (χ0n) is 17.9. The Balaban J connectivity index is 1.27. The molecule has 0 saturated carbocycles. The third-order valence-electron chi connectivity index (χ3n) is 5.91. The van der Waals surface area contributed by atoms with Crippen molar-refractivity contribution in [3.63, 3.8) is 0 Å². The van der Waals surface area contributed by atoms with E-state index in [1.54, 1.807) is 29.8 Å². The lowest BCUT2D eigenvalue weighted by Gasteiger charge is -2.35. The molecular weight excluding hydrogens is 420 g/mol. The maximum Gasteiger partial charge on any atom is 0.253 e. The number of amides is 1. The molecule has 0 bridgehead atoms. The second kappa shape index (κ2) is 8.59. The zero-order chi connectivity index (χ0) is 22.1. The molecule has 162 valence electrons. The summed E-state index contributed by atoms with van der Waals surface area (Å²) in [6.45, 7) is 4.98. The molecule has 0 aliphatic carbocycles. The van der Waals surface area contributed by atoms with E-state index in [1.807, 2.05) is 41.3 Å². The first kappa shape index (κ1) is 20.5. The number of phenols is 1. The Labute approximate surface area is 190 Å². The summed E-state index contributed by atoms with van der Waals surface area (Å²) in [5, 5.41) is 10.6. The van der Waals surface area contributed by atoms with E-state index in [9.17, 15) is 9.90 Å². The highest BCUT2D eigenvalue weighted by molar-refractivity contribution is 7.18. The SMILES string of the molecule is CCc1cc2c(N3CCN(C(=O)c4ccc(-c5ccc(O)cc5)cc4)CC3)ncnc2s1. The molecule has 0 unspecified atom stereocenters. The number of carbonyl (C=O) groups excluding carboxylic acids is 1. The van der Waals surface area contributed by atoms with Gasteiger partial charge in [0, 0.05) is 36.6 Å². The van der Waals surface area contributed by atoms with Crippen molar-refractivity contribution in [1.29, 1.82) is 0 Å². The maximum absolute atomic E-state index is 13.0. The topological polar surface area (TPSA) is 69.6 Å². The van der Waals surface area contributed by atoms with E-state index in [2.05, 4.69) is 27.9 Å². The van der Waals surface area contributed by atoms with Crippen molar-refractivity contribution in [2.24, 2.45) is 0 Å². The van der Waals surface area contributed by atoms with E-state index in [4.69, 9.17) is 0 Å². The first-order valence-electron chi connectivity index (χ1n) is 10.8. The number of hydrogen-bond donors (Lipinski definition) is 1. The number of benzene rings is 2. The van der Waals surface area contributed by atoms with Crippen molar-refractivity contribution in [3.05, 3.63) is 71.4 Å². The van der Waals surface area contributed by atoms with E-state index in [1.165, 1.54) is 4.88 Å². The highest BCUT2D eigenvalue weighted by atomic mass is 32.1. The van der Waals surface area contributed by atoms with Gasteiger partial charge >= 0.3 is 0 Å². The lowest BCUT2D eigenvalue weighted by atomic mass is 10.0. The summed E-state index contributed by atoms with van der Waals surface area (Å²) < 4.78 is 0. The van der Waals surface area contributed by atoms with Crippen LogP contribution in [0.4, 0.5) is 5.82 Å². The summed E-state index contributed by atoms with van der Waals surface area (Å²) in [6.07, 6.45) is 2.63. The van der Waals surface area contributed by atoms with Crippen LogP contribution in [0.1, 0.15) is 22.2 Å². The number of aromatic hydroxyl groups is 1. The lowest BCUT2D eigenvalue weighted by molar-refractivity contribution is 0.0746. The largest absolute Gasteiger partial charge is 0.508 e. The average Bonchev–Trinajstić information content (AvgIpc) is 3.28. The molecule has 0 atom stereocenters.